The Morgan fingerprint density at radius 3 is 2.86 bits per heavy atom. The van der Waals surface area contributed by atoms with E-state index in [1.54, 1.807) is 0 Å². The SMILES string of the molecule is CC1CC=C[N]C1. The molecule has 1 heteroatoms. The lowest BCUT2D eigenvalue weighted by Crippen LogP contribution is -2.12. The summed E-state index contributed by atoms with van der Waals surface area (Å²) in [6.07, 6.45) is 5.23. The first kappa shape index (κ1) is 4.69. The second-order valence-electron chi connectivity index (χ2n) is 2.09. The molecule has 7 heavy (non-hydrogen) atoms. The van der Waals surface area contributed by atoms with Crippen molar-refractivity contribution in [2.75, 3.05) is 6.54 Å². The lowest BCUT2D eigenvalue weighted by atomic mass is 10.1. The van der Waals surface area contributed by atoms with Gasteiger partial charge in [-0.1, -0.05) is 13.0 Å². The van der Waals surface area contributed by atoms with Crippen LogP contribution in [-0.2, 0) is 0 Å². The van der Waals surface area contributed by atoms with Gasteiger partial charge in [-0.3, -0.25) is 5.32 Å². The van der Waals surface area contributed by atoms with Gasteiger partial charge in [0.25, 0.3) is 0 Å². The second-order valence-corrected chi connectivity index (χ2v) is 2.09. The summed E-state index contributed by atoms with van der Waals surface area (Å²) in [7, 11) is 0. The van der Waals surface area contributed by atoms with E-state index in [-0.39, 0.29) is 0 Å². The fourth-order valence-electron chi connectivity index (χ4n) is 0.683. The molecule has 1 aliphatic heterocycles. The highest BCUT2D eigenvalue weighted by Gasteiger charge is 2.00. The zero-order chi connectivity index (χ0) is 5.11. The Hall–Kier alpha value is -0.460. The van der Waals surface area contributed by atoms with E-state index in [9.17, 15) is 0 Å². The molecule has 1 unspecified atom stereocenters. The van der Waals surface area contributed by atoms with E-state index >= 15 is 0 Å². The average Bonchev–Trinajstić information content (AvgIpc) is 1.69. The van der Waals surface area contributed by atoms with Crippen LogP contribution in [0.3, 0.4) is 0 Å². The summed E-state index contributed by atoms with van der Waals surface area (Å²) in [6, 6.07) is 0. The van der Waals surface area contributed by atoms with Crippen LogP contribution in [0.4, 0.5) is 0 Å². The molecule has 0 bridgehead atoms. The molecule has 0 saturated heterocycles. The molecule has 1 atom stereocenters. The summed E-state index contributed by atoms with van der Waals surface area (Å²) in [6.45, 7) is 3.24. The molecule has 0 N–H and O–H groups in total. The van der Waals surface area contributed by atoms with Crippen LogP contribution in [0.5, 0.6) is 0 Å². The van der Waals surface area contributed by atoms with E-state index in [1.165, 1.54) is 6.42 Å². The van der Waals surface area contributed by atoms with Gasteiger partial charge in [0.2, 0.25) is 0 Å². The largest absolute Gasteiger partial charge is 0.293 e. The van der Waals surface area contributed by atoms with Gasteiger partial charge in [0.15, 0.2) is 0 Å². The first-order chi connectivity index (χ1) is 3.39. The quantitative estimate of drug-likeness (QED) is 0.429. The minimum Gasteiger partial charge on any atom is -0.293 e. The van der Waals surface area contributed by atoms with Crippen molar-refractivity contribution in [2.24, 2.45) is 5.92 Å². The molecule has 0 aromatic carbocycles. The van der Waals surface area contributed by atoms with Crippen LogP contribution in [0.2, 0.25) is 0 Å². The van der Waals surface area contributed by atoms with E-state index in [4.69, 9.17) is 0 Å². The zero-order valence-electron chi connectivity index (χ0n) is 4.59. The van der Waals surface area contributed by atoms with Crippen molar-refractivity contribution in [1.29, 1.82) is 0 Å². The number of hydrogen-bond acceptors (Lipinski definition) is 0. The Bertz CT molecular complexity index is 76.2. The van der Waals surface area contributed by atoms with Gasteiger partial charge in [-0.2, -0.15) is 0 Å². The number of rotatable bonds is 0. The van der Waals surface area contributed by atoms with Crippen LogP contribution in [0.15, 0.2) is 12.3 Å². The Morgan fingerprint density at radius 1 is 1.71 bits per heavy atom. The molecule has 0 aromatic rings. The molecule has 0 aliphatic carbocycles. The molecule has 1 rings (SSSR count). The van der Waals surface area contributed by atoms with Crippen molar-refractivity contribution < 1.29 is 0 Å². The van der Waals surface area contributed by atoms with Gasteiger partial charge < -0.3 is 0 Å². The first-order valence-electron chi connectivity index (χ1n) is 2.71. The summed E-state index contributed by atoms with van der Waals surface area (Å²) in [5.74, 6) is 0.782. The molecular formula is C6H10N. The van der Waals surface area contributed by atoms with E-state index in [1.807, 2.05) is 6.20 Å². The van der Waals surface area contributed by atoms with Crippen molar-refractivity contribution in [3.8, 4) is 0 Å². The summed E-state index contributed by atoms with van der Waals surface area (Å²) < 4.78 is 0. The smallest absolute Gasteiger partial charge is 0.0417 e. The van der Waals surface area contributed by atoms with Gasteiger partial charge >= 0.3 is 0 Å². The zero-order valence-corrected chi connectivity index (χ0v) is 4.59. The molecule has 1 radical (unpaired) electrons. The minimum absolute atomic E-state index is 0.782. The fraction of sp³-hybridized carbons (Fsp3) is 0.667. The Balaban J connectivity index is 2.32. The predicted octanol–water partition coefficient (Wildman–Crippen LogP) is 1.14. The fourth-order valence-corrected chi connectivity index (χ4v) is 0.683. The van der Waals surface area contributed by atoms with Gasteiger partial charge in [-0.15, -0.1) is 0 Å². The number of allylic oxidation sites excluding steroid dienone is 1. The molecule has 0 amide bonds. The van der Waals surface area contributed by atoms with Gasteiger partial charge in [0.1, 0.15) is 0 Å². The molecule has 0 saturated carbocycles. The molecule has 1 heterocycles. The molecule has 0 fully saturated rings. The van der Waals surface area contributed by atoms with Crippen LogP contribution in [-0.4, -0.2) is 6.54 Å². The highest BCUT2D eigenvalue weighted by atomic mass is 14.8. The molecule has 0 aromatic heterocycles. The van der Waals surface area contributed by atoms with E-state index < -0.39 is 0 Å². The van der Waals surface area contributed by atoms with Crippen molar-refractivity contribution in [3.63, 3.8) is 0 Å². The van der Waals surface area contributed by atoms with Crippen LogP contribution in [0, 0.1) is 5.92 Å². The van der Waals surface area contributed by atoms with E-state index in [0.717, 1.165) is 12.5 Å². The maximum Gasteiger partial charge on any atom is 0.0417 e. The second kappa shape index (κ2) is 2.01. The third-order valence-corrected chi connectivity index (χ3v) is 1.17. The third-order valence-electron chi connectivity index (χ3n) is 1.17. The lowest BCUT2D eigenvalue weighted by Gasteiger charge is -2.09. The Kier molecular flexibility index (Phi) is 1.35. The Labute approximate surface area is 44.4 Å². The highest BCUT2D eigenvalue weighted by molar-refractivity contribution is 4.86. The average molecular weight is 96.2 g/mol. The predicted molar refractivity (Wildman–Crippen MR) is 29.9 cm³/mol. The van der Waals surface area contributed by atoms with Gasteiger partial charge in [-0.25, -0.2) is 0 Å². The van der Waals surface area contributed by atoms with Crippen molar-refractivity contribution in [2.45, 2.75) is 13.3 Å². The third kappa shape index (κ3) is 1.22. The van der Waals surface area contributed by atoms with Crippen LogP contribution >= 0.6 is 0 Å². The number of hydrogen-bond donors (Lipinski definition) is 0. The summed E-state index contributed by atoms with van der Waals surface area (Å²) in [5.41, 5.74) is 0. The van der Waals surface area contributed by atoms with Gasteiger partial charge in [0, 0.05) is 12.7 Å². The molecular weight excluding hydrogens is 86.1 g/mol. The summed E-state index contributed by atoms with van der Waals surface area (Å²) in [5, 5.41) is 4.08. The number of nitrogens with zero attached hydrogens (tertiary/aromatic N) is 1. The summed E-state index contributed by atoms with van der Waals surface area (Å²) in [4.78, 5) is 0. The monoisotopic (exact) mass is 96.1 g/mol. The van der Waals surface area contributed by atoms with Crippen LogP contribution < -0.4 is 5.32 Å². The first-order valence-corrected chi connectivity index (χ1v) is 2.71. The van der Waals surface area contributed by atoms with Crippen LogP contribution in [0.25, 0.3) is 0 Å². The normalized spacial score (nSPS) is 29.6. The van der Waals surface area contributed by atoms with Crippen LogP contribution in [0.1, 0.15) is 13.3 Å². The summed E-state index contributed by atoms with van der Waals surface area (Å²) >= 11 is 0. The molecule has 1 aliphatic rings. The van der Waals surface area contributed by atoms with Gasteiger partial charge in [-0.05, 0) is 12.3 Å². The maximum atomic E-state index is 4.08. The standard InChI is InChI=1S/C6H10N/c1-6-3-2-4-7-5-6/h2,4,6H,3,5H2,1H3. The maximum absolute atomic E-state index is 4.08. The van der Waals surface area contributed by atoms with Gasteiger partial charge in [0.05, 0.1) is 0 Å². The van der Waals surface area contributed by atoms with Crippen molar-refractivity contribution in [1.82, 2.24) is 5.32 Å². The molecule has 39 valence electrons. The minimum atomic E-state index is 0.782. The molecule has 1 nitrogen and oxygen atoms in total. The Morgan fingerprint density at radius 2 is 2.57 bits per heavy atom. The topological polar surface area (TPSA) is 14.1 Å². The van der Waals surface area contributed by atoms with E-state index in [0.29, 0.717) is 0 Å². The molecule has 0 spiro atoms. The highest BCUT2D eigenvalue weighted by Crippen LogP contribution is 2.04. The van der Waals surface area contributed by atoms with E-state index in [2.05, 4.69) is 18.3 Å². The lowest BCUT2D eigenvalue weighted by molar-refractivity contribution is 0.535. The van der Waals surface area contributed by atoms with Crippen molar-refractivity contribution >= 4 is 0 Å². The van der Waals surface area contributed by atoms with Crippen molar-refractivity contribution in [3.05, 3.63) is 12.3 Å².